The van der Waals surface area contributed by atoms with Crippen LogP contribution in [0.25, 0.3) is 0 Å². The Balaban J connectivity index is 2.98. The maximum atomic E-state index is 13.4. The van der Waals surface area contributed by atoms with Gasteiger partial charge in [0.05, 0.1) is 11.5 Å². The summed E-state index contributed by atoms with van der Waals surface area (Å²) in [5.41, 5.74) is -0.528. The lowest BCUT2D eigenvalue weighted by atomic mass is 9.99. The molecule has 5 heteroatoms. The third kappa shape index (κ3) is 3.18. The molecular formula is C11H14FNO3. The Bertz CT molecular complexity index is 399. The van der Waals surface area contributed by atoms with E-state index in [9.17, 15) is 14.5 Å². The van der Waals surface area contributed by atoms with Crippen molar-refractivity contribution in [1.29, 1.82) is 0 Å². The van der Waals surface area contributed by atoms with Crippen LogP contribution in [-0.4, -0.2) is 11.5 Å². The van der Waals surface area contributed by atoms with Crippen LogP contribution >= 0.6 is 0 Å². The zero-order valence-corrected chi connectivity index (χ0v) is 9.49. The van der Waals surface area contributed by atoms with Crippen molar-refractivity contribution >= 4 is 5.69 Å². The quantitative estimate of drug-likeness (QED) is 0.588. The van der Waals surface area contributed by atoms with Crippen molar-refractivity contribution in [2.75, 3.05) is 6.61 Å². The highest BCUT2D eigenvalue weighted by Gasteiger charge is 2.21. The number of para-hydroxylation sites is 1. The number of nitro groups is 1. The van der Waals surface area contributed by atoms with Crippen molar-refractivity contribution in [2.45, 2.75) is 20.8 Å². The average molecular weight is 227 g/mol. The van der Waals surface area contributed by atoms with Crippen LogP contribution in [0.1, 0.15) is 20.8 Å². The SMILES string of the molecule is CC(C)(C)COc1c(F)cccc1[N+](=O)[O-]. The minimum Gasteiger partial charge on any atom is -0.484 e. The Morgan fingerprint density at radius 1 is 1.44 bits per heavy atom. The average Bonchev–Trinajstić information content (AvgIpc) is 2.13. The van der Waals surface area contributed by atoms with E-state index in [1.54, 1.807) is 0 Å². The molecule has 0 atom stereocenters. The lowest BCUT2D eigenvalue weighted by Crippen LogP contribution is -2.17. The lowest BCUT2D eigenvalue weighted by molar-refractivity contribution is -0.386. The Hall–Kier alpha value is -1.65. The molecule has 0 saturated carbocycles. The number of ether oxygens (including phenoxy) is 1. The maximum absolute atomic E-state index is 13.4. The number of rotatable bonds is 3. The first kappa shape index (κ1) is 12.4. The smallest absolute Gasteiger partial charge is 0.314 e. The monoisotopic (exact) mass is 227 g/mol. The molecule has 0 N–H and O–H groups in total. The van der Waals surface area contributed by atoms with Crippen molar-refractivity contribution in [3.63, 3.8) is 0 Å². The Morgan fingerprint density at radius 3 is 2.56 bits per heavy atom. The molecule has 1 aromatic carbocycles. The van der Waals surface area contributed by atoms with E-state index in [1.165, 1.54) is 12.1 Å². The van der Waals surface area contributed by atoms with E-state index in [1.807, 2.05) is 20.8 Å². The zero-order valence-electron chi connectivity index (χ0n) is 9.49. The fourth-order valence-electron chi connectivity index (χ4n) is 1.07. The minimum atomic E-state index is -0.710. The third-order valence-corrected chi connectivity index (χ3v) is 1.79. The number of nitro benzene ring substituents is 1. The van der Waals surface area contributed by atoms with E-state index in [2.05, 4.69) is 0 Å². The minimum absolute atomic E-state index is 0.184. The Kier molecular flexibility index (Phi) is 3.47. The molecule has 0 spiro atoms. The Morgan fingerprint density at radius 2 is 2.06 bits per heavy atom. The summed E-state index contributed by atoms with van der Waals surface area (Å²) < 4.78 is 18.5. The van der Waals surface area contributed by atoms with Crippen molar-refractivity contribution in [2.24, 2.45) is 5.41 Å². The predicted molar refractivity (Wildman–Crippen MR) is 58.0 cm³/mol. The summed E-state index contributed by atoms with van der Waals surface area (Å²) in [6, 6.07) is 3.66. The molecule has 88 valence electrons. The van der Waals surface area contributed by atoms with Crippen LogP contribution in [0.15, 0.2) is 18.2 Å². The number of nitrogens with zero attached hydrogens (tertiary/aromatic N) is 1. The summed E-state index contributed by atoms with van der Waals surface area (Å²) in [7, 11) is 0. The molecule has 4 nitrogen and oxygen atoms in total. The molecule has 0 aliphatic carbocycles. The van der Waals surface area contributed by atoms with E-state index >= 15 is 0 Å². The first-order chi connectivity index (χ1) is 7.31. The van der Waals surface area contributed by atoms with Crippen LogP contribution in [0.2, 0.25) is 0 Å². The second-order valence-electron chi connectivity index (χ2n) is 4.69. The zero-order chi connectivity index (χ0) is 12.3. The van der Waals surface area contributed by atoms with Gasteiger partial charge in [-0.2, -0.15) is 0 Å². The van der Waals surface area contributed by atoms with E-state index in [-0.39, 0.29) is 23.5 Å². The number of halogens is 1. The van der Waals surface area contributed by atoms with Gasteiger partial charge in [0, 0.05) is 6.07 Å². The van der Waals surface area contributed by atoms with Gasteiger partial charge in [0.2, 0.25) is 5.75 Å². The van der Waals surface area contributed by atoms with Gasteiger partial charge in [-0.1, -0.05) is 26.8 Å². The van der Waals surface area contributed by atoms with Crippen LogP contribution < -0.4 is 4.74 Å². The Labute approximate surface area is 93.2 Å². The van der Waals surface area contributed by atoms with Crippen LogP contribution in [0.4, 0.5) is 10.1 Å². The van der Waals surface area contributed by atoms with Crippen LogP contribution in [-0.2, 0) is 0 Å². The van der Waals surface area contributed by atoms with Crippen molar-refractivity contribution in [3.8, 4) is 5.75 Å². The van der Waals surface area contributed by atoms with Gasteiger partial charge in [0.15, 0.2) is 5.82 Å². The van der Waals surface area contributed by atoms with Crippen LogP contribution in [0.5, 0.6) is 5.75 Å². The topological polar surface area (TPSA) is 52.4 Å². The van der Waals surface area contributed by atoms with Crippen molar-refractivity contribution < 1.29 is 14.1 Å². The fourth-order valence-corrected chi connectivity index (χ4v) is 1.07. The first-order valence-electron chi connectivity index (χ1n) is 4.87. The maximum Gasteiger partial charge on any atom is 0.314 e. The molecule has 0 aliphatic heterocycles. The molecule has 0 saturated heterocycles. The first-order valence-corrected chi connectivity index (χ1v) is 4.87. The van der Waals surface area contributed by atoms with E-state index in [0.717, 1.165) is 6.07 Å². The van der Waals surface area contributed by atoms with Gasteiger partial charge in [0.1, 0.15) is 0 Å². The molecule has 1 rings (SSSR count). The molecule has 0 unspecified atom stereocenters. The molecule has 0 bridgehead atoms. The number of benzene rings is 1. The highest BCUT2D eigenvalue weighted by atomic mass is 19.1. The second-order valence-corrected chi connectivity index (χ2v) is 4.69. The molecule has 1 aromatic rings. The summed E-state index contributed by atoms with van der Waals surface area (Å²) in [4.78, 5) is 10.0. The standard InChI is InChI=1S/C11H14FNO3/c1-11(2,3)7-16-10-8(12)5-4-6-9(10)13(14)15/h4-6H,7H2,1-3H3. The van der Waals surface area contributed by atoms with Crippen LogP contribution in [0.3, 0.4) is 0 Å². The van der Waals surface area contributed by atoms with Gasteiger partial charge in [0.25, 0.3) is 0 Å². The molecule has 0 heterocycles. The van der Waals surface area contributed by atoms with E-state index in [4.69, 9.17) is 4.74 Å². The summed E-state index contributed by atoms with van der Waals surface area (Å²) >= 11 is 0. The molecule has 16 heavy (non-hydrogen) atoms. The van der Waals surface area contributed by atoms with Gasteiger partial charge >= 0.3 is 5.69 Å². The van der Waals surface area contributed by atoms with Gasteiger partial charge in [-0.15, -0.1) is 0 Å². The number of hydrogen-bond donors (Lipinski definition) is 0. The summed E-state index contributed by atoms with van der Waals surface area (Å²) in [5, 5.41) is 10.7. The van der Waals surface area contributed by atoms with Gasteiger partial charge in [-0.25, -0.2) is 4.39 Å². The van der Waals surface area contributed by atoms with Crippen LogP contribution in [0, 0.1) is 21.3 Å². The van der Waals surface area contributed by atoms with E-state index in [0.29, 0.717) is 0 Å². The molecule has 0 aromatic heterocycles. The molecule has 0 radical (unpaired) electrons. The molecule has 0 amide bonds. The normalized spacial score (nSPS) is 11.2. The number of hydrogen-bond acceptors (Lipinski definition) is 3. The fraction of sp³-hybridized carbons (Fsp3) is 0.455. The highest BCUT2D eigenvalue weighted by molar-refractivity contribution is 5.46. The molecular weight excluding hydrogens is 213 g/mol. The summed E-state index contributed by atoms with van der Waals surface area (Å²) in [6.45, 7) is 5.92. The van der Waals surface area contributed by atoms with E-state index < -0.39 is 10.7 Å². The second kappa shape index (κ2) is 4.47. The highest BCUT2D eigenvalue weighted by Crippen LogP contribution is 2.30. The largest absolute Gasteiger partial charge is 0.484 e. The molecule has 0 aliphatic rings. The molecule has 0 fully saturated rings. The summed E-state index contributed by atoms with van der Waals surface area (Å²) in [5.74, 6) is -0.999. The van der Waals surface area contributed by atoms with Crippen molar-refractivity contribution in [1.82, 2.24) is 0 Å². The third-order valence-electron chi connectivity index (χ3n) is 1.79. The van der Waals surface area contributed by atoms with Gasteiger partial charge < -0.3 is 4.74 Å². The van der Waals surface area contributed by atoms with Gasteiger partial charge in [-0.05, 0) is 11.5 Å². The summed E-state index contributed by atoms with van der Waals surface area (Å²) in [6.07, 6.45) is 0. The van der Waals surface area contributed by atoms with Crippen molar-refractivity contribution in [3.05, 3.63) is 34.1 Å². The van der Waals surface area contributed by atoms with Gasteiger partial charge in [-0.3, -0.25) is 10.1 Å². The lowest BCUT2D eigenvalue weighted by Gasteiger charge is -2.18. The predicted octanol–water partition coefficient (Wildman–Crippen LogP) is 3.16.